The van der Waals surface area contributed by atoms with Crippen LogP contribution in [0.1, 0.15) is 11.3 Å². The SMILES string of the molecule is CNc1cc2c(C(F)(F)F)nn(-c3ccc(F)cc3)c2nc1OCc1ccccc1. The van der Waals surface area contributed by atoms with Crippen molar-refractivity contribution in [2.75, 3.05) is 12.4 Å². The molecule has 2 aromatic carbocycles. The van der Waals surface area contributed by atoms with Gasteiger partial charge in [-0.1, -0.05) is 30.3 Å². The molecule has 0 aliphatic rings. The molecule has 0 unspecified atom stereocenters. The molecule has 0 saturated heterocycles. The second-order valence-corrected chi connectivity index (χ2v) is 6.47. The molecule has 0 spiro atoms. The number of hydrogen-bond acceptors (Lipinski definition) is 4. The first-order valence-electron chi connectivity index (χ1n) is 8.98. The predicted molar refractivity (Wildman–Crippen MR) is 104 cm³/mol. The molecule has 5 nitrogen and oxygen atoms in total. The van der Waals surface area contributed by atoms with Crippen LogP contribution in [0.2, 0.25) is 0 Å². The molecule has 30 heavy (non-hydrogen) atoms. The van der Waals surface area contributed by atoms with Crippen LogP contribution in [0.15, 0.2) is 60.7 Å². The lowest BCUT2D eigenvalue weighted by Gasteiger charge is -2.11. The van der Waals surface area contributed by atoms with Gasteiger partial charge >= 0.3 is 6.18 Å². The largest absolute Gasteiger partial charge is 0.471 e. The van der Waals surface area contributed by atoms with E-state index in [0.717, 1.165) is 22.4 Å². The summed E-state index contributed by atoms with van der Waals surface area (Å²) in [5, 5.41) is 6.34. The lowest BCUT2D eigenvalue weighted by atomic mass is 10.2. The minimum Gasteiger partial charge on any atom is -0.471 e. The molecule has 2 heterocycles. The summed E-state index contributed by atoms with van der Waals surface area (Å²) >= 11 is 0. The molecule has 0 bridgehead atoms. The van der Waals surface area contributed by atoms with Crippen molar-refractivity contribution in [3.8, 4) is 11.6 Å². The number of anilines is 1. The van der Waals surface area contributed by atoms with Crippen LogP contribution in [0.4, 0.5) is 23.2 Å². The van der Waals surface area contributed by atoms with Crippen LogP contribution >= 0.6 is 0 Å². The van der Waals surface area contributed by atoms with Crippen molar-refractivity contribution in [1.82, 2.24) is 14.8 Å². The van der Waals surface area contributed by atoms with Crippen molar-refractivity contribution in [2.45, 2.75) is 12.8 Å². The number of rotatable bonds is 5. The number of ether oxygens (including phenoxy) is 1. The molecular formula is C21H16F4N4O. The number of nitrogens with one attached hydrogen (secondary N) is 1. The molecule has 0 aliphatic carbocycles. The quantitative estimate of drug-likeness (QED) is 0.455. The van der Waals surface area contributed by atoms with Crippen molar-refractivity contribution in [3.05, 3.63) is 77.7 Å². The average Bonchev–Trinajstić information content (AvgIpc) is 3.11. The second kappa shape index (κ2) is 7.66. The molecule has 0 amide bonds. The maximum atomic E-state index is 13.6. The summed E-state index contributed by atoms with van der Waals surface area (Å²) in [6.45, 7) is 0.185. The van der Waals surface area contributed by atoms with Gasteiger partial charge in [-0.15, -0.1) is 0 Å². The normalized spacial score (nSPS) is 11.6. The first-order chi connectivity index (χ1) is 14.4. The predicted octanol–water partition coefficient (Wildman–Crippen LogP) is 5.20. The van der Waals surface area contributed by atoms with Crippen molar-refractivity contribution < 1.29 is 22.3 Å². The van der Waals surface area contributed by atoms with Gasteiger partial charge in [0.2, 0.25) is 5.88 Å². The topological polar surface area (TPSA) is 52.0 Å². The summed E-state index contributed by atoms with van der Waals surface area (Å²) in [4.78, 5) is 4.32. The van der Waals surface area contributed by atoms with Gasteiger partial charge < -0.3 is 10.1 Å². The Kier molecular flexibility index (Phi) is 5.03. The standard InChI is InChI=1S/C21H16F4N4O/c1-26-17-11-16-18(21(23,24)25)28-29(15-9-7-14(22)8-10-15)19(16)27-20(17)30-12-13-5-3-2-4-6-13/h2-11,26H,12H2,1H3. The van der Waals surface area contributed by atoms with Gasteiger partial charge in [-0.05, 0) is 35.9 Å². The summed E-state index contributed by atoms with van der Waals surface area (Å²) in [6, 6.07) is 15.6. The summed E-state index contributed by atoms with van der Waals surface area (Å²) in [5.41, 5.74) is 0.291. The zero-order valence-electron chi connectivity index (χ0n) is 15.7. The highest BCUT2D eigenvalue weighted by Gasteiger charge is 2.38. The maximum Gasteiger partial charge on any atom is 0.435 e. The number of alkyl halides is 3. The number of halogens is 4. The van der Waals surface area contributed by atoms with Crippen molar-refractivity contribution in [1.29, 1.82) is 0 Å². The van der Waals surface area contributed by atoms with E-state index in [4.69, 9.17) is 4.74 Å². The maximum absolute atomic E-state index is 13.6. The third-order valence-corrected chi connectivity index (χ3v) is 4.45. The highest BCUT2D eigenvalue weighted by molar-refractivity contribution is 5.85. The van der Waals surface area contributed by atoms with Crippen molar-refractivity contribution >= 4 is 16.7 Å². The molecule has 4 rings (SSSR count). The van der Waals surface area contributed by atoms with E-state index in [1.807, 2.05) is 30.3 Å². The molecule has 2 aromatic heterocycles. The van der Waals surface area contributed by atoms with E-state index in [-0.39, 0.29) is 29.2 Å². The van der Waals surface area contributed by atoms with E-state index in [1.165, 1.54) is 18.2 Å². The second-order valence-electron chi connectivity index (χ2n) is 6.47. The highest BCUT2D eigenvalue weighted by Crippen LogP contribution is 2.37. The Morgan fingerprint density at radius 2 is 1.73 bits per heavy atom. The molecule has 0 fully saturated rings. The van der Waals surface area contributed by atoms with Gasteiger partial charge in [-0.2, -0.15) is 23.3 Å². The third kappa shape index (κ3) is 3.78. The highest BCUT2D eigenvalue weighted by atomic mass is 19.4. The number of pyridine rings is 1. The van der Waals surface area contributed by atoms with Gasteiger partial charge in [0.15, 0.2) is 11.3 Å². The first-order valence-corrected chi connectivity index (χ1v) is 8.98. The van der Waals surface area contributed by atoms with Crippen molar-refractivity contribution in [2.24, 2.45) is 0 Å². The summed E-state index contributed by atoms with van der Waals surface area (Å²) in [7, 11) is 1.57. The Morgan fingerprint density at radius 3 is 2.37 bits per heavy atom. The van der Waals surface area contributed by atoms with E-state index in [2.05, 4.69) is 15.4 Å². The molecular weight excluding hydrogens is 400 g/mol. The van der Waals surface area contributed by atoms with Crippen LogP contribution in [0, 0.1) is 5.82 Å². The number of benzene rings is 2. The van der Waals surface area contributed by atoms with Crippen LogP contribution in [-0.2, 0) is 12.8 Å². The fourth-order valence-corrected chi connectivity index (χ4v) is 3.01. The van der Waals surface area contributed by atoms with E-state index < -0.39 is 17.7 Å². The lowest BCUT2D eigenvalue weighted by molar-refractivity contribution is -0.140. The third-order valence-electron chi connectivity index (χ3n) is 4.45. The number of aromatic nitrogens is 3. The van der Waals surface area contributed by atoms with Crippen molar-refractivity contribution in [3.63, 3.8) is 0 Å². The van der Waals surface area contributed by atoms with Gasteiger partial charge in [0.1, 0.15) is 12.4 Å². The zero-order chi connectivity index (χ0) is 21.3. The Hall–Kier alpha value is -3.62. The van der Waals surface area contributed by atoms with Crippen LogP contribution in [0.5, 0.6) is 5.88 Å². The Balaban J connectivity index is 1.85. The van der Waals surface area contributed by atoms with Crippen LogP contribution in [-0.4, -0.2) is 21.8 Å². The monoisotopic (exact) mass is 416 g/mol. The molecule has 9 heteroatoms. The molecule has 0 radical (unpaired) electrons. The van der Waals surface area contributed by atoms with Gasteiger partial charge in [0.25, 0.3) is 0 Å². The molecule has 1 N–H and O–H groups in total. The Labute approximate surface area is 168 Å². The van der Waals surface area contributed by atoms with Crippen LogP contribution in [0.3, 0.4) is 0 Å². The smallest absolute Gasteiger partial charge is 0.435 e. The molecule has 0 atom stereocenters. The number of fused-ring (bicyclic) bond motifs is 1. The minimum atomic E-state index is -4.69. The fraction of sp³-hybridized carbons (Fsp3) is 0.143. The van der Waals surface area contributed by atoms with E-state index in [0.29, 0.717) is 5.69 Å². The van der Waals surface area contributed by atoms with E-state index >= 15 is 0 Å². The van der Waals surface area contributed by atoms with Gasteiger partial charge in [0.05, 0.1) is 16.8 Å². The fourth-order valence-electron chi connectivity index (χ4n) is 3.01. The Morgan fingerprint density at radius 1 is 1.03 bits per heavy atom. The molecule has 154 valence electrons. The Bertz CT molecular complexity index is 1170. The number of hydrogen-bond donors (Lipinski definition) is 1. The molecule has 0 saturated carbocycles. The molecule has 0 aliphatic heterocycles. The first kappa shape index (κ1) is 19.7. The summed E-state index contributed by atoms with van der Waals surface area (Å²) in [5.74, 6) is -0.380. The van der Waals surface area contributed by atoms with Crippen LogP contribution < -0.4 is 10.1 Å². The summed E-state index contributed by atoms with van der Waals surface area (Å²) in [6.07, 6.45) is -4.69. The zero-order valence-corrected chi connectivity index (χ0v) is 15.7. The minimum absolute atomic E-state index is 0.0454. The van der Waals surface area contributed by atoms with Crippen LogP contribution in [0.25, 0.3) is 16.7 Å². The van der Waals surface area contributed by atoms with Gasteiger partial charge in [-0.25, -0.2) is 9.07 Å². The van der Waals surface area contributed by atoms with E-state index in [1.54, 1.807) is 7.05 Å². The lowest BCUT2D eigenvalue weighted by Crippen LogP contribution is -2.07. The van der Waals surface area contributed by atoms with E-state index in [9.17, 15) is 17.6 Å². The van der Waals surface area contributed by atoms with Gasteiger partial charge in [0, 0.05) is 7.05 Å². The number of nitrogens with zero attached hydrogens (tertiary/aromatic N) is 3. The average molecular weight is 416 g/mol. The summed E-state index contributed by atoms with van der Waals surface area (Å²) < 4.78 is 60.9. The molecule has 4 aromatic rings. The van der Waals surface area contributed by atoms with Gasteiger partial charge in [-0.3, -0.25) is 0 Å².